The monoisotopic (exact) mass is 230 g/mol. The number of phenolic OH excluding ortho intramolecular Hbond substituents is 2. The van der Waals surface area contributed by atoms with Crippen LogP contribution < -0.4 is 0 Å². The Balaban J connectivity index is 3.53. The summed E-state index contributed by atoms with van der Waals surface area (Å²) < 4.78 is 0. The molecule has 0 bridgehead atoms. The van der Waals surface area contributed by atoms with Crippen molar-refractivity contribution in [1.82, 2.24) is 0 Å². The summed E-state index contributed by atoms with van der Waals surface area (Å²) in [5.41, 5.74) is 0.511. The molecule has 1 aromatic rings. The summed E-state index contributed by atoms with van der Waals surface area (Å²) in [5, 5.41) is 28.8. The maximum absolute atomic E-state index is 9.75. The molecule has 0 aliphatic heterocycles. The van der Waals surface area contributed by atoms with Crippen molar-refractivity contribution >= 4 is 11.6 Å². The third kappa shape index (κ3) is 2.03. The molecule has 0 saturated heterocycles. The van der Waals surface area contributed by atoms with Crippen molar-refractivity contribution in [3.8, 4) is 11.5 Å². The smallest absolute Gasteiger partial charge is 0.161 e. The van der Waals surface area contributed by atoms with Crippen LogP contribution in [0.3, 0.4) is 0 Å². The summed E-state index contributed by atoms with van der Waals surface area (Å²) in [5.74, 6) is -0.474. The van der Waals surface area contributed by atoms with Gasteiger partial charge in [0.25, 0.3) is 0 Å². The minimum absolute atomic E-state index is 0.138. The molecule has 0 aliphatic carbocycles. The third-order valence-corrected chi connectivity index (χ3v) is 2.94. The molecule has 0 heterocycles. The van der Waals surface area contributed by atoms with E-state index < -0.39 is 5.41 Å². The van der Waals surface area contributed by atoms with E-state index in [1.54, 1.807) is 20.8 Å². The standard InChI is InChI=1S/C11H15ClO3/c1-6-7(12)4-8(14)10(15)9(6)11(2,3)5-13/h4,13-15H,5H2,1-3H3. The molecule has 0 aromatic heterocycles. The van der Waals surface area contributed by atoms with Gasteiger partial charge in [-0.1, -0.05) is 25.4 Å². The summed E-state index contributed by atoms with van der Waals surface area (Å²) >= 11 is 5.90. The van der Waals surface area contributed by atoms with Gasteiger partial charge in [0.05, 0.1) is 6.61 Å². The second-order valence-corrected chi connectivity index (χ2v) is 4.68. The molecule has 3 N–H and O–H groups in total. The molecule has 0 radical (unpaired) electrons. The fourth-order valence-electron chi connectivity index (χ4n) is 1.63. The van der Waals surface area contributed by atoms with Gasteiger partial charge in [-0.15, -0.1) is 0 Å². The predicted octanol–water partition coefficient (Wildman–Crippen LogP) is 2.33. The Bertz CT molecular complexity index is 360. The van der Waals surface area contributed by atoms with Gasteiger partial charge in [0.1, 0.15) is 0 Å². The van der Waals surface area contributed by atoms with E-state index in [4.69, 9.17) is 11.6 Å². The van der Waals surface area contributed by atoms with Gasteiger partial charge in [0.2, 0.25) is 0 Å². The Morgan fingerprint density at radius 2 is 1.87 bits per heavy atom. The second kappa shape index (κ2) is 3.91. The zero-order valence-electron chi connectivity index (χ0n) is 9.00. The normalized spacial score (nSPS) is 11.8. The van der Waals surface area contributed by atoms with Crippen LogP contribution in [0.25, 0.3) is 0 Å². The second-order valence-electron chi connectivity index (χ2n) is 4.27. The third-order valence-electron chi connectivity index (χ3n) is 2.55. The van der Waals surface area contributed by atoms with E-state index in [0.717, 1.165) is 0 Å². The quantitative estimate of drug-likeness (QED) is 0.684. The Kier molecular flexibility index (Phi) is 3.16. The lowest BCUT2D eigenvalue weighted by Gasteiger charge is -2.26. The van der Waals surface area contributed by atoms with Crippen LogP contribution in [0.5, 0.6) is 11.5 Å². The van der Waals surface area contributed by atoms with Crippen molar-refractivity contribution in [3.05, 3.63) is 22.2 Å². The van der Waals surface area contributed by atoms with E-state index in [0.29, 0.717) is 16.1 Å². The largest absolute Gasteiger partial charge is 0.504 e. The van der Waals surface area contributed by atoms with Gasteiger partial charge in [-0.05, 0) is 12.5 Å². The van der Waals surface area contributed by atoms with Gasteiger partial charge in [0.15, 0.2) is 11.5 Å². The van der Waals surface area contributed by atoms with Crippen molar-refractivity contribution in [2.24, 2.45) is 0 Å². The summed E-state index contributed by atoms with van der Waals surface area (Å²) in [7, 11) is 0. The molecule has 1 rings (SSSR count). The van der Waals surface area contributed by atoms with Crippen LogP contribution in [-0.4, -0.2) is 21.9 Å². The zero-order chi connectivity index (χ0) is 11.8. The molecule has 1 aromatic carbocycles. The average molecular weight is 231 g/mol. The van der Waals surface area contributed by atoms with Crippen molar-refractivity contribution in [2.45, 2.75) is 26.2 Å². The van der Waals surface area contributed by atoms with E-state index in [-0.39, 0.29) is 18.1 Å². The maximum Gasteiger partial charge on any atom is 0.161 e. The van der Waals surface area contributed by atoms with E-state index in [9.17, 15) is 15.3 Å². The van der Waals surface area contributed by atoms with Crippen molar-refractivity contribution in [3.63, 3.8) is 0 Å². The summed E-state index contributed by atoms with van der Waals surface area (Å²) in [4.78, 5) is 0. The van der Waals surface area contributed by atoms with Gasteiger partial charge in [-0.25, -0.2) is 0 Å². The maximum atomic E-state index is 9.75. The van der Waals surface area contributed by atoms with Crippen LogP contribution >= 0.6 is 11.6 Å². The number of benzene rings is 1. The molecule has 0 spiro atoms. The number of aliphatic hydroxyl groups is 1. The van der Waals surface area contributed by atoms with Gasteiger partial charge in [-0.2, -0.15) is 0 Å². The Morgan fingerprint density at radius 1 is 1.33 bits per heavy atom. The number of hydrogen-bond donors (Lipinski definition) is 3. The van der Waals surface area contributed by atoms with Crippen molar-refractivity contribution in [1.29, 1.82) is 0 Å². The molecule has 0 saturated carbocycles. The van der Waals surface area contributed by atoms with E-state index in [2.05, 4.69) is 0 Å². The van der Waals surface area contributed by atoms with Gasteiger partial charge in [0, 0.05) is 22.1 Å². The van der Waals surface area contributed by atoms with Gasteiger partial charge >= 0.3 is 0 Å². The SMILES string of the molecule is Cc1c(Cl)cc(O)c(O)c1C(C)(C)CO. The van der Waals surface area contributed by atoms with E-state index in [1.165, 1.54) is 6.07 Å². The van der Waals surface area contributed by atoms with Crippen LogP contribution in [0.15, 0.2) is 6.07 Å². The lowest BCUT2D eigenvalue weighted by atomic mass is 9.82. The van der Waals surface area contributed by atoms with Crippen molar-refractivity contribution in [2.75, 3.05) is 6.61 Å². The van der Waals surface area contributed by atoms with Crippen LogP contribution in [0.1, 0.15) is 25.0 Å². The van der Waals surface area contributed by atoms with Gasteiger partial charge < -0.3 is 15.3 Å². The molecule has 4 heteroatoms. The minimum atomic E-state index is -0.642. The highest BCUT2D eigenvalue weighted by atomic mass is 35.5. The molecule has 0 unspecified atom stereocenters. The summed E-state index contributed by atoms with van der Waals surface area (Å²) in [6.07, 6.45) is 0. The highest BCUT2D eigenvalue weighted by Gasteiger charge is 2.28. The zero-order valence-corrected chi connectivity index (χ0v) is 9.76. The number of aromatic hydroxyl groups is 2. The summed E-state index contributed by atoms with van der Waals surface area (Å²) in [6.45, 7) is 5.14. The molecular weight excluding hydrogens is 216 g/mol. The Labute approximate surface area is 93.9 Å². The fourth-order valence-corrected chi connectivity index (χ4v) is 1.83. The number of rotatable bonds is 2. The van der Waals surface area contributed by atoms with Crippen LogP contribution in [-0.2, 0) is 5.41 Å². The highest BCUT2D eigenvalue weighted by molar-refractivity contribution is 6.31. The Hall–Kier alpha value is -0.930. The van der Waals surface area contributed by atoms with E-state index in [1.807, 2.05) is 0 Å². The van der Waals surface area contributed by atoms with Gasteiger partial charge in [-0.3, -0.25) is 0 Å². The highest BCUT2D eigenvalue weighted by Crippen LogP contribution is 2.42. The number of hydrogen-bond acceptors (Lipinski definition) is 3. The molecule has 0 atom stereocenters. The Morgan fingerprint density at radius 3 is 2.33 bits per heavy atom. The fraction of sp³-hybridized carbons (Fsp3) is 0.455. The average Bonchev–Trinajstić information content (AvgIpc) is 2.15. The van der Waals surface area contributed by atoms with Crippen LogP contribution in [0.4, 0.5) is 0 Å². The van der Waals surface area contributed by atoms with E-state index >= 15 is 0 Å². The van der Waals surface area contributed by atoms with Crippen LogP contribution in [0.2, 0.25) is 5.02 Å². The number of aliphatic hydroxyl groups excluding tert-OH is 1. The predicted molar refractivity (Wildman–Crippen MR) is 59.6 cm³/mol. The topological polar surface area (TPSA) is 60.7 Å². The molecule has 0 amide bonds. The molecular formula is C11H15ClO3. The first-order chi connectivity index (χ1) is 6.81. The molecule has 0 fully saturated rings. The van der Waals surface area contributed by atoms with Crippen LogP contribution in [0, 0.1) is 6.92 Å². The lowest BCUT2D eigenvalue weighted by Crippen LogP contribution is -2.23. The first-order valence-electron chi connectivity index (χ1n) is 4.63. The molecule has 0 aliphatic rings. The van der Waals surface area contributed by atoms with Crippen molar-refractivity contribution < 1.29 is 15.3 Å². The minimum Gasteiger partial charge on any atom is -0.504 e. The number of halogens is 1. The molecule has 3 nitrogen and oxygen atoms in total. The number of phenols is 2. The molecule has 15 heavy (non-hydrogen) atoms. The summed E-state index contributed by atoms with van der Waals surface area (Å²) in [6, 6.07) is 1.29. The molecule has 84 valence electrons. The first-order valence-corrected chi connectivity index (χ1v) is 5.01. The lowest BCUT2D eigenvalue weighted by molar-refractivity contribution is 0.214. The first kappa shape index (κ1) is 12.1.